The highest BCUT2D eigenvalue weighted by Gasteiger charge is 2.14. The maximum Gasteiger partial charge on any atom is 0.271 e. The van der Waals surface area contributed by atoms with Crippen LogP contribution < -0.4 is 0 Å². The van der Waals surface area contributed by atoms with E-state index in [1.165, 1.54) is 4.90 Å². The van der Waals surface area contributed by atoms with Crippen LogP contribution in [0.1, 0.15) is 16.1 Å². The molecule has 0 atom stereocenters. The number of nitrogens with zero attached hydrogens (tertiary/aromatic N) is 2. The molecular formula is C16H16N2O. The zero-order chi connectivity index (χ0) is 13.7. The third kappa shape index (κ3) is 3.05. The van der Waals surface area contributed by atoms with Crippen LogP contribution in [0.2, 0.25) is 0 Å². The Morgan fingerprint density at radius 1 is 1.26 bits per heavy atom. The van der Waals surface area contributed by atoms with Gasteiger partial charge in [-0.2, -0.15) is 0 Å². The topological polar surface area (TPSA) is 25.2 Å². The Labute approximate surface area is 113 Å². The van der Waals surface area contributed by atoms with Crippen LogP contribution in [0.15, 0.2) is 48.7 Å². The summed E-state index contributed by atoms with van der Waals surface area (Å²) in [5, 5.41) is 0. The van der Waals surface area contributed by atoms with Crippen LogP contribution in [0.4, 0.5) is 0 Å². The van der Waals surface area contributed by atoms with E-state index in [1.54, 1.807) is 7.05 Å². The Morgan fingerprint density at radius 3 is 2.68 bits per heavy atom. The summed E-state index contributed by atoms with van der Waals surface area (Å²) in [6, 6.07) is 13.7. The largest absolute Gasteiger partial charge is 0.339 e. The fourth-order valence-corrected chi connectivity index (χ4v) is 1.93. The Morgan fingerprint density at radius 2 is 2.00 bits per heavy atom. The summed E-state index contributed by atoms with van der Waals surface area (Å²) in [6.07, 6.45) is 7.14. The summed E-state index contributed by atoms with van der Waals surface area (Å²) in [6.45, 7) is 0.994. The van der Waals surface area contributed by atoms with Crippen molar-refractivity contribution in [2.75, 3.05) is 13.6 Å². The number of carbonyl (C=O) groups excluding carboxylic acids is 1. The van der Waals surface area contributed by atoms with Gasteiger partial charge in [-0.05, 0) is 17.7 Å². The molecule has 1 amide bonds. The maximum atomic E-state index is 12.2. The molecule has 0 saturated carbocycles. The molecule has 2 aromatic rings. The average molecular weight is 252 g/mol. The molecular weight excluding hydrogens is 236 g/mol. The summed E-state index contributed by atoms with van der Waals surface area (Å²) in [5.74, 6) is 2.42. The van der Waals surface area contributed by atoms with E-state index < -0.39 is 0 Å². The third-order valence-electron chi connectivity index (χ3n) is 2.92. The number of hydrogen-bond donors (Lipinski definition) is 0. The molecule has 1 aromatic carbocycles. The average Bonchev–Trinajstić information content (AvgIpc) is 2.87. The summed E-state index contributed by atoms with van der Waals surface area (Å²) in [7, 11) is 1.71. The second-order valence-corrected chi connectivity index (χ2v) is 4.37. The van der Waals surface area contributed by atoms with Crippen molar-refractivity contribution in [3.63, 3.8) is 0 Å². The summed E-state index contributed by atoms with van der Waals surface area (Å²) < 4.78 is 1.94. The molecule has 0 aliphatic carbocycles. The van der Waals surface area contributed by atoms with Crippen molar-refractivity contribution in [3.8, 4) is 12.3 Å². The van der Waals surface area contributed by atoms with Crippen LogP contribution in [0, 0.1) is 12.3 Å². The Hall–Kier alpha value is -2.47. The second kappa shape index (κ2) is 5.92. The van der Waals surface area contributed by atoms with Gasteiger partial charge in [0.05, 0.1) is 6.54 Å². The molecule has 96 valence electrons. The third-order valence-corrected chi connectivity index (χ3v) is 2.92. The molecule has 0 unspecified atom stereocenters. The van der Waals surface area contributed by atoms with E-state index in [2.05, 4.69) is 5.92 Å². The molecule has 2 rings (SSSR count). The van der Waals surface area contributed by atoms with Crippen LogP contribution in [-0.4, -0.2) is 29.0 Å². The van der Waals surface area contributed by atoms with Crippen molar-refractivity contribution in [1.29, 1.82) is 0 Å². The van der Waals surface area contributed by atoms with E-state index in [9.17, 15) is 4.79 Å². The van der Waals surface area contributed by atoms with Gasteiger partial charge in [0, 0.05) is 19.8 Å². The minimum Gasteiger partial charge on any atom is -0.339 e. The summed E-state index contributed by atoms with van der Waals surface area (Å²) >= 11 is 0. The molecule has 3 heteroatoms. The van der Waals surface area contributed by atoms with Crippen molar-refractivity contribution in [2.45, 2.75) is 6.54 Å². The van der Waals surface area contributed by atoms with Gasteiger partial charge < -0.3 is 9.47 Å². The monoisotopic (exact) mass is 252 g/mol. The Balaban J connectivity index is 2.19. The molecule has 19 heavy (non-hydrogen) atoms. The minimum absolute atomic E-state index is 0.0566. The lowest BCUT2D eigenvalue weighted by Crippen LogP contribution is -2.29. The molecule has 0 fully saturated rings. The predicted molar refractivity (Wildman–Crippen MR) is 75.8 cm³/mol. The molecule has 0 radical (unpaired) electrons. The van der Waals surface area contributed by atoms with Crippen molar-refractivity contribution in [3.05, 3.63) is 59.9 Å². The molecule has 0 N–H and O–H groups in total. The maximum absolute atomic E-state index is 12.2. The van der Waals surface area contributed by atoms with E-state index in [-0.39, 0.29) is 5.91 Å². The van der Waals surface area contributed by atoms with Crippen LogP contribution in [0.25, 0.3) is 0 Å². The number of terminal acetylenes is 1. The van der Waals surface area contributed by atoms with Gasteiger partial charge in [0.2, 0.25) is 0 Å². The van der Waals surface area contributed by atoms with Gasteiger partial charge in [-0.1, -0.05) is 36.3 Å². The minimum atomic E-state index is -0.0566. The highest BCUT2D eigenvalue weighted by atomic mass is 16.2. The summed E-state index contributed by atoms with van der Waals surface area (Å²) in [4.78, 5) is 13.8. The molecule has 1 heterocycles. The molecule has 1 aromatic heterocycles. The number of carbonyl (C=O) groups is 1. The van der Waals surface area contributed by atoms with Crippen molar-refractivity contribution in [1.82, 2.24) is 9.47 Å². The van der Waals surface area contributed by atoms with Gasteiger partial charge in [-0.25, -0.2) is 0 Å². The fourth-order valence-electron chi connectivity index (χ4n) is 1.93. The standard InChI is InChI=1S/C16H16N2O/c1-3-11-17(2)16(19)15-10-7-12-18(15)13-14-8-5-4-6-9-14/h1,4-10,12H,11,13H2,2H3. The number of benzene rings is 1. The first-order valence-electron chi connectivity index (χ1n) is 6.10. The van der Waals surface area contributed by atoms with Gasteiger partial charge in [-0.15, -0.1) is 6.42 Å². The first-order chi connectivity index (χ1) is 9.22. The van der Waals surface area contributed by atoms with E-state index in [0.29, 0.717) is 18.8 Å². The zero-order valence-corrected chi connectivity index (χ0v) is 10.9. The van der Waals surface area contributed by atoms with Gasteiger partial charge in [0.25, 0.3) is 5.91 Å². The summed E-state index contributed by atoms with van der Waals surface area (Å²) in [5.41, 5.74) is 1.81. The van der Waals surface area contributed by atoms with E-state index >= 15 is 0 Å². The van der Waals surface area contributed by atoms with Gasteiger partial charge in [-0.3, -0.25) is 4.79 Å². The Bertz CT molecular complexity index is 593. The van der Waals surface area contributed by atoms with Gasteiger partial charge in [0.15, 0.2) is 0 Å². The van der Waals surface area contributed by atoms with Gasteiger partial charge >= 0.3 is 0 Å². The number of rotatable bonds is 4. The smallest absolute Gasteiger partial charge is 0.271 e. The zero-order valence-electron chi connectivity index (χ0n) is 10.9. The molecule has 0 spiro atoms. The molecule has 0 aliphatic heterocycles. The van der Waals surface area contributed by atoms with Crippen molar-refractivity contribution >= 4 is 5.91 Å². The first-order valence-corrected chi connectivity index (χ1v) is 6.10. The number of amides is 1. The van der Waals surface area contributed by atoms with Gasteiger partial charge in [0.1, 0.15) is 5.69 Å². The van der Waals surface area contributed by atoms with Crippen LogP contribution in [0.5, 0.6) is 0 Å². The molecule has 0 bridgehead atoms. The quantitative estimate of drug-likeness (QED) is 0.766. The highest BCUT2D eigenvalue weighted by molar-refractivity contribution is 5.92. The number of hydrogen-bond acceptors (Lipinski definition) is 1. The van der Waals surface area contributed by atoms with Crippen LogP contribution >= 0.6 is 0 Å². The lowest BCUT2D eigenvalue weighted by molar-refractivity contribution is 0.0802. The predicted octanol–water partition coefficient (Wildman–Crippen LogP) is 2.24. The Kier molecular flexibility index (Phi) is 4.04. The fraction of sp³-hybridized carbons (Fsp3) is 0.188. The lowest BCUT2D eigenvalue weighted by Gasteiger charge is -2.15. The number of aromatic nitrogens is 1. The highest BCUT2D eigenvalue weighted by Crippen LogP contribution is 2.09. The van der Waals surface area contributed by atoms with E-state index in [4.69, 9.17) is 6.42 Å². The SMILES string of the molecule is C#CCN(C)C(=O)c1cccn1Cc1ccccc1. The van der Waals surface area contributed by atoms with E-state index in [0.717, 1.165) is 5.56 Å². The molecule has 0 aliphatic rings. The lowest BCUT2D eigenvalue weighted by atomic mass is 10.2. The first kappa shape index (κ1) is 13.0. The normalized spacial score (nSPS) is 9.89. The van der Waals surface area contributed by atoms with E-state index in [1.807, 2.05) is 53.2 Å². The molecule has 3 nitrogen and oxygen atoms in total. The van der Waals surface area contributed by atoms with Crippen LogP contribution in [-0.2, 0) is 6.54 Å². The van der Waals surface area contributed by atoms with Crippen molar-refractivity contribution in [2.24, 2.45) is 0 Å². The van der Waals surface area contributed by atoms with Crippen molar-refractivity contribution < 1.29 is 4.79 Å². The van der Waals surface area contributed by atoms with Crippen LogP contribution in [0.3, 0.4) is 0 Å². The second-order valence-electron chi connectivity index (χ2n) is 4.37. The molecule has 0 saturated heterocycles.